The van der Waals surface area contributed by atoms with Crippen LogP contribution < -0.4 is 4.90 Å². The summed E-state index contributed by atoms with van der Waals surface area (Å²) in [5, 5.41) is 10.5. The Labute approximate surface area is 206 Å². The summed E-state index contributed by atoms with van der Waals surface area (Å²) < 4.78 is 66.1. The molecule has 1 aromatic carbocycles. The van der Waals surface area contributed by atoms with Gasteiger partial charge < -0.3 is 10.0 Å². The van der Waals surface area contributed by atoms with Gasteiger partial charge in [-0.05, 0) is 37.1 Å². The fourth-order valence-corrected chi connectivity index (χ4v) is 6.61. The maximum Gasteiger partial charge on any atom is 0.416 e. The molecule has 0 amide bonds. The number of fused-ring (bicyclic) bond motifs is 1. The van der Waals surface area contributed by atoms with Gasteiger partial charge in [0.05, 0.1) is 10.5 Å². The van der Waals surface area contributed by atoms with Crippen LogP contribution in [0.15, 0.2) is 29.2 Å². The van der Waals surface area contributed by atoms with Crippen molar-refractivity contribution in [2.45, 2.75) is 35.9 Å². The number of benzene rings is 1. The number of piperazine rings is 1. The molecule has 1 saturated carbocycles. The number of sulfonamides is 1. The summed E-state index contributed by atoms with van der Waals surface area (Å²) in [4.78, 5) is 26.5. The Hall–Kier alpha value is -2.55. The van der Waals surface area contributed by atoms with Crippen molar-refractivity contribution in [3.8, 4) is 0 Å². The van der Waals surface area contributed by atoms with Crippen molar-refractivity contribution in [3.63, 3.8) is 0 Å². The highest BCUT2D eigenvalue weighted by atomic mass is 35.5. The Morgan fingerprint density at radius 3 is 2.40 bits per heavy atom. The van der Waals surface area contributed by atoms with Gasteiger partial charge in [0.25, 0.3) is 0 Å². The lowest BCUT2D eigenvalue weighted by Crippen LogP contribution is -2.58. The summed E-state index contributed by atoms with van der Waals surface area (Å²) in [6.45, 7) is -0.303. The van der Waals surface area contributed by atoms with Crippen molar-refractivity contribution < 1.29 is 31.5 Å². The van der Waals surface area contributed by atoms with Crippen LogP contribution in [0.3, 0.4) is 0 Å². The number of nitrogens with zero attached hydrogens (tertiary/aromatic N) is 5. The second-order valence-electron chi connectivity index (χ2n) is 8.23. The number of hydrogen-bond acceptors (Lipinski definition) is 8. The second kappa shape index (κ2) is 8.54. The zero-order chi connectivity index (χ0) is 25.1. The molecule has 1 saturated heterocycles. The molecule has 186 valence electrons. The molecule has 9 nitrogen and oxygen atoms in total. The van der Waals surface area contributed by atoms with Gasteiger partial charge in [-0.1, -0.05) is 22.9 Å². The predicted molar refractivity (Wildman–Crippen MR) is 121 cm³/mol. The van der Waals surface area contributed by atoms with E-state index < -0.39 is 38.7 Å². The van der Waals surface area contributed by atoms with Crippen molar-refractivity contribution in [1.82, 2.24) is 19.3 Å². The molecule has 0 bridgehead atoms. The second-order valence-corrected chi connectivity index (χ2v) is 11.5. The predicted octanol–water partition coefficient (Wildman–Crippen LogP) is 3.60. The van der Waals surface area contributed by atoms with Crippen LogP contribution in [0.5, 0.6) is 0 Å². The van der Waals surface area contributed by atoms with Crippen molar-refractivity contribution in [3.05, 3.63) is 40.8 Å². The van der Waals surface area contributed by atoms with E-state index in [2.05, 4.69) is 15.0 Å². The molecule has 2 aliphatic rings. The lowest BCUT2D eigenvalue weighted by molar-refractivity contribution is -0.141. The van der Waals surface area contributed by atoms with Gasteiger partial charge in [0, 0.05) is 25.6 Å². The Morgan fingerprint density at radius 1 is 1.11 bits per heavy atom. The minimum absolute atomic E-state index is 0.115. The number of alkyl halides is 3. The van der Waals surface area contributed by atoms with E-state index in [1.54, 1.807) is 4.90 Å². The van der Waals surface area contributed by atoms with E-state index in [1.165, 1.54) is 11.3 Å². The first-order valence-electron chi connectivity index (χ1n) is 10.5. The fraction of sp³-hybridized carbons (Fsp3) is 0.400. The average Bonchev–Trinajstić information content (AvgIpc) is 3.57. The lowest BCUT2D eigenvalue weighted by atomic mass is 10.2. The van der Waals surface area contributed by atoms with Crippen LogP contribution in [0.4, 0.5) is 18.3 Å². The van der Waals surface area contributed by atoms with Crippen LogP contribution >= 0.6 is 22.9 Å². The highest BCUT2D eigenvalue weighted by molar-refractivity contribution is 7.89. The molecule has 1 N–H and O–H groups in total. The number of halogens is 4. The zero-order valence-corrected chi connectivity index (χ0v) is 20.1. The van der Waals surface area contributed by atoms with Gasteiger partial charge in [0.15, 0.2) is 15.9 Å². The Kier molecular flexibility index (Phi) is 5.89. The normalized spacial score (nSPS) is 19.9. The number of carboxylic acid groups (broad SMARTS) is 1. The van der Waals surface area contributed by atoms with Crippen molar-refractivity contribution in [1.29, 1.82) is 0 Å². The molecule has 0 radical (unpaired) electrons. The van der Waals surface area contributed by atoms with E-state index >= 15 is 0 Å². The molecule has 2 aromatic heterocycles. The molecule has 3 aromatic rings. The maximum absolute atomic E-state index is 13.1. The van der Waals surface area contributed by atoms with Crippen molar-refractivity contribution in [2.75, 3.05) is 24.5 Å². The molecule has 5 rings (SSSR count). The third-order valence-corrected chi connectivity index (χ3v) is 9.26. The van der Waals surface area contributed by atoms with Crippen LogP contribution in [0, 0.1) is 0 Å². The summed E-state index contributed by atoms with van der Waals surface area (Å²) in [7, 11) is -4.37. The van der Waals surface area contributed by atoms with Gasteiger partial charge in [0.1, 0.15) is 16.6 Å². The van der Waals surface area contributed by atoms with Gasteiger partial charge in [0.2, 0.25) is 10.0 Å². The number of carboxylic acids is 1. The van der Waals surface area contributed by atoms with Crippen molar-refractivity contribution in [2.24, 2.45) is 0 Å². The maximum atomic E-state index is 13.1. The smallest absolute Gasteiger partial charge is 0.416 e. The lowest BCUT2D eigenvalue weighted by Gasteiger charge is -2.38. The minimum Gasteiger partial charge on any atom is -0.480 e. The summed E-state index contributed by atoms with van der Waals surface area (Å²) in [5.74, 6) is -0.507. The molecule has 1 aliphatic carbocycles. The summed E-state index contributed by atoms with van der Waals surface area (Å²) in [6.07, 6.45) is -2.66. The van der Waals surface area contributed by atoms with E-state index in [1.807, 2.05) is 0 Å². The molecule has 15 heteroatoms. The molecular formula is C20H17ClF3N5O4S2. The quantitative estimate of drug-likeness (QED) is 0.482. The van der Waals surface area contributed by atoms with Crippen LogP contribution in [-0.2, 0) is 21.0 Å². The van der Waals surface area contributed by atoms with Gasteiger partial charge in [-0.15, -0.1) is 0 Å². The fourth-order valence-electron chi connectivity index (χ4n) is 3.84. The Bertz CT molecular complexity index is 1410. The average molecular weight is 548 g/mol. The standard InChI is InChI=1S/C20H17ClF3N5O4S2/c21-15-14-17(26-16(25-15)10-1-2-10)27-19(34-14)28-7-8-29(13(9-28)18(30)31)35(32,33)12-5-3-11(4-6-12)20(22,23)24/h3-6,10,13H,1-2,7-9H2,(H,30,31)/t13-/m1/s1. The molecule has 1 aliphatic heterocycles. The molecule has 1 atom stereocenters. The zero-order valence-electron chi connectivity index (χ0n) is 17.7. The summed E-state index contributed by atoms with van der Waals surface area (Å²) >= 11 is 7.49. The molecule has 3 heterocycles. The first-order valence-corrected chi connectivity index (χ1v) is 13.1. The van der Waals surface area contributed by atoms with Gasteiger partial charge in [-0.25, -0.2) is 18.4 Å². The largest absolute Gasteiger partial charge is 0.480 e. The molecular weight excluding hydrogens is 531 g/mol. The SMILES string of the molecule is O=C(O)[C@H]1CN(c2nc3nc(C4CC4)nc(Cl)c3s2)CCN1S(=O)(=O)c1ccc(C(F)(F)F)cc1. The van der Waals surface area contributed by atoms with Crippen molar-refractivity contribution >= 4 is 54.4 Å². The molecule has 35 heavy (non-hydrogen) atoms. The van der Waals surface area contributed by atoms with E-state index in [9.17, 15) is 31.5 Å². The Balaban J connectivity index is 1.41. The van der Waals surface area contributed by atoms with Gasteiger partial charge >= 0.3 is 12.1 Å². The number of aliphatic carboxylic acids is 1. The van der Waals surface area contributed by atoms with E-state index in [-0.39, 0.29) is 30.7 Å². The summed E-state index contributed by atoms with van der Waals surface area (Å²) in [5.41, 5.74) is -0.600. The number of aromatic nitrogens is 3. The summed E-state index contributed by atoms with van der Waals surface area (Å²) in [6, 6.07) is 1.48. The molecule has 0 unspecified atom stereocenters. The first-order chi connectivity index (χ1) is 16.4. The number of anilines is 1. The van der Waals surface area contributed by atoms with E-state index in [0.717, 1.165) is 29.3 Å². The minimum atomic E-state index is -4.62. The van der Waals surface area contributed by atoms with Gasteiger partial charge in [-0.2, -0.15) is 22.5 Å². The van der Waals surface area contributed by atoms with E-state index in [0.29, 0.717) is 33.4 Å². The van der Waals surface area contributed by atoms with Crippen LogP contribution in [0.2, 0.25) is 5.15 Å². The topological polar surface area (TPSA) is 117 Å². The van der Waals surface area contributed by atoms with Crippen LogP contribution in [0.25, 0.3) is 10.3 Å². The van der Waals surface area contributed by atoms with Crippen LogP contribution in [-0.4, -0.2) is 64.4 Å². The van der Waals surface area contributed by atoms with E-state index in [4.69, 9.17) is 11.6 Å². The highest BCUT2D eigenvalue weighted by Gasteiger charge is 2.41. The Morgan fingerprint density at radius 2 is 1.80 bits per heavy atom. The third-order valence-electron chi connectivity index (χ3n) is 5.84. The number of carbonyl (C=O) groups is 1. The number of rotatable bonds is 5. The molecule has 2 fully saturated rings. The highest BCUT2D eigenvalue weighted by Crippen LogP contribution is 2.41. The monoisotopic (exact) mass is 547 g/mol. The molecule has 0 spiro atoms. The first kappa shape index (κ1) is 24.2. The van der Waals surface area contributed by atoms with Crippen LogP contribution in [0.1, 0.15) is 30.1 Å². The third kappa shape index (κ3) is 4.55. The number of thiazole rings is 1. The number of hydrogen-bond donors (Lipinski definition) is 1. The van der Waals surface area contributed by atoms with Gasteiger partial charge in [-0.3, -0.25) is 4.79 Å².